The predicted octanol–water partition coefficient (Wildman–Crippen LogP) is 2.05. The number of esters is 1. The Balaban J connectivity index is 3.18. The average molecular weight is 265 g/mol. The predicted molar refractivity (Wildman–Crippen MR) is 69.8 cm³/mol. The first kappa shape index (κ1) is 14.1. The van der Waals surface area contributed by atoms with E-state index in [0.29, 0.717) is 12.2 Å². The van der Waals surface area contributed by atoms with Gasteiger partial charge in [-0.15, -0.1) is 0 Å². The van der Waals surface area contributed by atoms with E-state index in [2.05, 4.69) is 29.2 Å². The minimum absolute atomic E-state index is 0.129. The Morgan fingerprint density at radius 3 is 2.83 bits per heavy atom. The summed E-state index contributed by atoms with van der Waals surface area (Å²) in [4.78, 5) is 21.6. The third-order valence-corrected chi connectivity index (χ3v) is 2.30. The highest BCUT2D eigenvalue weighted by Crippen LogP contribution is 2.20. The molecule has 0 saturated carbocycles. The van der Waals surface area contributed by atoms with Gasteiger partial charge in [0.25, 0.3) is 5.69 Å². The summed E-state index contributed by atoms with van der Waals surface area (Å²) in [5.74, 6) is 5.42. The van der Waals surface area contributed by atoms with Crippen molar-refractivity contribution in [3.05, 3.63) is 39.4 Å². The Morgan fingerprint density at radius 1 is 1.56 bits per heavy atom. The van der Waals surface area contributed by atoms with Gasteiger partial charge in [0.1, 0.15) is 5.56 Å². The van der Waals surface area contributed by atoms with Crippen LogP contribution in [0, 0.1) is 22.0 Å². The molecule has 0 aliphatic heterocycles. The molecule has 1 aromatic rings. The first-order chi connectivity index (χ1) is 8.60. The number of ether oxygens (including phenoxy) is 1. The Morgan fingerprint density at radius 2 is 2.28 bits per heavy atom. The smallest absolute Gasteiger partial charge is 0.338 e. The number of hydrogen-bond acceptors (Lipinski definition) is 5. The zero-order chi connectivity index (χ0) is 13.5. The minimum Gasteiger partial charge on any atom is -0.465 e. The van der Waals surface area contributed by atoms with Crippen LogP contribution in [-0.2, 0) is 4.74 Å². The van der Waals surface area contributed by atoms with Crippen molar-refractivity contribution in [2.45, 2.75) is 6.42 Å². The van der Waals surface area contributed by atoms with Crippen molar-refractivity contribution in [1.82, 2.24) is 0 Å². The maximum absolute atomic E-state index is 11.3. The zero-order valence-corrected chi connectivity index (χ0v) is 10.6. The molecule has 0 amide bonds. The van der Waals surface area contributed by atoms with E-state index in [1.165, 1.54) is 19.2 Å². The van der Waals surface area contributed by atoms with E-state index >= 15 is 0 Å². The molecule has 0 radical (unpaired) electrons. The van der Waals surface area contributed by atoms with Gasteiger partial charge in [-0.3, -0.25) is 10.1 Å². The molecule has 0 heterocycles. The van der Waals surface area contributed by atoms with Crippen LogP contribution in [0.25, 0.3) is 0 Å². The molecule has 0 N–H and O–H groups in total. The summed E-state index contributed by atoms with van der Waals surface area (Å²) in [6.45, 7) is 0. The van der Waals surface area contributed by atoms with Crippen molar-refractivity contribution in [2.75, 3.05) is 12.9 Å². The molecular formula is C12H11NO4S. The van der Waals surface area contributed by atoms with Crippen molar-refractivity contribution in [3.8, 4) is 11.8 Å². The van der Waals surface area contributed by atoms with Crippen LogP contribution in [-0.4, -0.2) is 23.8 Å². The van der Waals surface area contributed by atoms with Gasteiger partial charge in [-0.1, -0.05) is 11.8 Å². The summed E-state index contributed by atoms with van der Waals surface area (Å²) in [7, 11) is 1.22. The van der Waals surface area contributed by atoms with Crippen molar-refractivity contribution in [2.24, 2.45) is 0 Å². The highest BCUT2D eigenvalue weighted by atomic mass is 32.1. The van der Waals surface area contributed by atoms with Crippen LogP contribution in [0.3, 0.4) is 0 Å². The highest BCUT2D eigenvalue weighted by Gasteiger charge is 2.16. The molecular weight excluding hydrogens is 254 g/mol. The lowest BCUT2D eigenvalue weighted by atomic mass is 10.1. The van der Waals surface area contributed by atoms with Gasteiger partial charge >= 0.3 is 5.97 Å². The van der Waals surface area contributed by atoms with E-state index < -0.39 is 10.9 Å². The third kappa shape index (κ3) is 3.50. The number of carbonyl (C=O) groups excluding carboxylic acids is 1. The number of rotatable bonds is 3. The molecule has 0 spiro atoms. The summed E-state index contributed by atoms with van der Waals surface area (Å²) in [6.07, 6.45) is 0.541. The second-order valence-corrected chi connectivity index (χ2v) is 3.70. The van der Waals surface area contributed by atoms with Crippen molar-refractivity contribution in [3.63, 3.8) is 0 Å². The van der Waals surface area contributed by atoms with Crippen LogP contribution in [0.2, 0.25) is 0 Å². The fourth-order valence-electron chi connectivity index (χ4n) is 1.25. The topological polar surface area (TPSA) is 69.4 Å². The van der Waals surface area contributed by atoms with Crippen LogP contribution < -0.4 is 0 Å². The summed E-state index contributed by atoms with van der Waals surface area (Å²) in [6, 6.07) is 4.05. The van der Waals surface area contributed by atoms with Gasteiger partial charge in [0.05, 0.1) is 17.6 Å². The number of thiol groups is 1. The Hall–Kier alpha value is -2.00. The molecule has 0 fully saturated rings. The van der Waals surface area contributed by atoms with E-state index in [9.17, 15) is 14.9 Å². The van der Waals surface area contributed by atoms with E-state index in [-0.39, 0.29) is 16.8 Å². The van der Waals surface area contributed by atoms with E-state index in [1.807, 2.05) is 0 Å². The number of carbonyl (C=O) groups is 1. The van der Waals surface area contributed by atoms with Gasteiger partial charge in [0.15, 0.2) is 0 Å². The molecule has 5 nitrogen and oxygen atoms in total. The fraction of sp³-hybridized carbons (Fsp3) is 0.250. The number of nitro benzene ring substituents is 1. The largest absolute Gasteiger partial charge is 0.465 e. The van der Waals surface area contributed by atoms with E-state index in [0.717, 1.165) is 6.07 Å². The number of methoxy groups -OCH3 is 1. The van der Waals surface area contributed by atoms with Crippen LogP contribution in [0.1, 0.15) is 22.3 Å². The summed E-state index contributed by atoms with van der Waals surface area (Å²) >= 11 is 3.99. The molecule has 0 aromatic heterocycles. The van der Waals surface area contributed by atoms with Gasteiger partial charge in [-0.2, -0.15) is 12.6 Å². The molecule has 0 bridgehead atoms. The lowest BCUT2D eigenvalue weighted by Crippen LogP contribution is -2.03. The molecule has 0 atom stereocenters. The molecule has 0 saturated heterocycles. The number of hydrogen-bond donors (Lipinski definition) is 1. The SMILES string of the molecule is COC(=O)c1ccc(C#CCCS)c([N+](=O)[O-])c1. The Kier molecular flexibility index (Phi) is 5.21. The van der Waals surface area contributed by atoms with Gasteiger partial charge < -0.3 is 4.74 Å². The fourth-order valence-corrected chi connectivity index (χ4v) is 1.36. The van der Waals surface area contributed by atoms with Gasteiger partial charge in [-0.25, -0.2) is 4.79 Å². The Bertz CT molecular complexity index is 531. The van der Waals surface area contributed by atoms with Gasteiger partial charge in [-0.05, 0) is 12.1 Å². The van der Waals surface area contributed by atoms with Crippen LogP contribution >= 0.6 is 12.6 Å². The molecule has 18 heavy (non-hydrogen) atoms. The second-order valence-electron chi connectivity index (χ2n) is 3.26. The van der Waals surface area contributed by atoms with Gasteiger partial charge in [0, 0.05) is 18.2 Å². The number of benzene rings is 1. The normalized spacial score (nSPS) is 9.22. The number of nitrogens with zero attached hydrogens (tertiary/aromatic N) is 1. The standard InChI is InChI=1S/C12H11NO4S/c1-17-12(14)10-6-5-9(4-2-3-7-18)11(8-10)13(15)16/h5-6,8,18H,3,7H2,1H3. The Labute approximate surface area is 110 Å². The van der Waals surface area contributed by atoms with E-state index in [1.54, 1.807) is 0 Å². The summed E-state index contributed by atoms with van der Waals surface area (Å²) in [5, 5.41) is 10.9. The van der Waals surface area contributed by atoms with Crippen molar-refractivity contribution < 1.29 is 14.5 Å². The molecule has 0 aliphatic rings. The highest BCUT2D eigenvalue weighted by molar-refractivity contribution is 7.80. The lowest BCUT2D eigenvalue weighted by Gasteiger charge is -2.00. The lowest BCUT2D eigenvalue weighted by molar-refractivity contribution is -0.385. The maximum Gasteiger partial charge on any atom is 0.338 e. The molecule has 6 heteroatoms. The van der Waals surface area contributed by atoms with Gasteiger partial charge in [0.2, 0.25) is 0 Å². The maximum atomic E-state index is 11.3. The quantitative estimate of drug-likeness (QED) is 0.298. The first-order valence-electron chi connectivity index (χ1n) is 5.06. The monoisotopic (exact) mass is 265 g/mol. The molecule has 0 aliphatic carbocycles. The van der Waals surface area contributed by atoms with Crippen LogP contribution in [0.4, 0.5) is 5.69 Å². The second kappa shape index (κ2) is 6.67. The van der Waals surface area contributed by atoms with E-state index in [4.69, 9.17) is 0 Å². The number of nitro groups is 1. The van der Waals surface area contributed by atoms with Crippen LogP contribution in [0.5, 0.6) is 0 Å². The summed E-state index contributed by atoms with van der Waals surface area (Å²) in [5.41, 5.74) is 0.197. The van der Waals surface area contributed by atoms with Crippen molar-refractivity contribution >= 4 is 24.3 Å². The average Bonchev–Trinajstić information content (AvgIpc) is 2.38. The first-order valence-corrected chi connectivity index (χ1v) is 5.70. The molecule has 1 rings (SSSR count). The molecule has 0 unspecified atom stereocenters. The zero-order valence-electron chi connectivity index (χ0n) is 9.67. The minimum atomic E-state index is -0.618. The molecule has 94 valence electrons. The van der Waals surface area contributed by atoms with Crippen molar-refractivity contribution in [1.29, 1.82) is 0 Å². The third-order valence-electron chi connectivity index (χ3n) is 2.08. The molecule has 1 aromatic carbocycles. The van der Waals surface area contributed by atoms with Crippen LogP contribution in [0.15, 0.2) is 18.2 Å². The summed E-state index contributed by atoms with van der Waals surface area (Å²) < 4.78 is 4.50.